The summed E-state index contributed by atoms with van der Waals surface area (Å²) < 4.78 is 3.72. The van der Waals surface area contributed by atoms with E-state index in [9.17, 15) is 19.2 Å². The summed E-state index contributed by atoms with van der Waals surface area (Å²) in [5, 5.41) is 49.5. The number of carbonyl (C=O) groups is 4. The zero-order chi connectivity index (χ0) is 16.5. The Morgan fingerprint density at radius 3 is 1.45 bits per heavy atom. The molecule has 0 aromatic heterocycles. The Morgan fingerprint density at radius 1 is 1.00 bits per heavy atom. The zero-order valence-electron chi connectivity index (χ0n) is 10.2. The van der Waals surface area contributed by atoms with E-state index < -0.39 is 49.6 Å². The Balaban J connectivity index is 0. The van der Waals surface area contributed by atoms with E-state index in [1.54, 1.807) is 0 Å². The average molecular weight is 296 g/mol. The predicted molar refractivity (Wildman–Crippen MR) is 59.0 cm³/mol. The highest BCUT2D eigenvalue weighted by molar-refractivity contribution is 6.35. The molecule has 0 rings (SSSR count). The summed E-state index contributed by atoms with van der Waals surface area (Å²) >= 11 is 0. The molecule has 0 atom stereocenters. The molecule has 0 amide bonds. The molecule has 0 bridgehead atoms. The van der Waals surface area contributed by atoms with Crippen LogP contribution in [-0.4, -0.2) is 67.3 Å². The fraction of sp³-hybridized carbons (Fsp3) is 0.500. The van der Waals surface area contributed by atoms with Crippen LogP contribution in [0.1, 0.15) is 19.8 Å². The molecule has 12 heteroatoms. The van der Waals surface area contributed by atoms with Crippen LogP contribution in [0.5, 0.6) is 0 Å². The third-order valence-corrected chi connectivity index (χ3v) is 1.56. The molecule has 6 N–H and O–H groups in total. The maximum Gasteiger partial charge on any atom is 0.709 e. The molecule has 0 fully saturated rings. The van der Waals surface area contributed by atoms with Crippen LogP contribution in [0.2, 0.25) is 0 Å². The number of carbonyl (C=O) groups excluding carboxylic acids is 1. The molecule has 0 aliphatic rings. The summed E-state index contributed by atoms with van der Waals surface area (Å²) in [7, 11) is -1.97. The third kappa shape index (κ3) is 10.9. The predicted octanol–water partition coefficient (Wildman–Crippen LogP) is -2.73. The highest BCUT2D eigenvalue weighted by atomic mass is 16.6. The van der Waals surface area contributed by atoms with Crippen molar-refractivity contribution in [3.63, 3.8) is 0 Å². The lowest BCUT2D eigenvalue weighted by molar-refractivity contribution is -0.170. The molecular weight excluding hydrogens is 283 g/mol. The Labute approximate surface area is 112 Å². The van der Waals surface area contributed by atoms with Crippen LogP contribution in [0.3, 0.4) is 0 Å². The van der Waals surface area contributed by atoms with Gasteiger partial charge in [-0.3, -0.25) is 14.4 Å². The molecule has 0 aromatic rings. The topological polar surface area (TPSA) is 199 Å². The van der Waals surface area contributed by atoms with Gasteiger partial charge in [0.15, 0.2) is 5.60 Å². The summed E-state index contributed by atoms with van der Waals surface area (Å²) in [6.45, 7) is 1.08. The highest BCUT2D eigenvalue weighted by Crippen LogP contribution is 2.15. The maximum atomic E-state index is 10.3. The normalized spacial score (nSPS) is 9.80. The summed E-state index contributed by atoms with van der Waals surface area (Å²) in [5.41, 5.74) is -2.74. The second-order valence-corrected chi connectivity index (χ2v) is 3.41. The summed E-state index contributed by atoms with van der Waals surface area (Å²) in [6, 6.07) is 0. The Kier molecular flexibility index (Phi) is 8.91. The van der Waals surface area contributed by atoms with E-state index in [2.05, 4.69) is 4.65 Å². The fourth-order valence-electron chi connectivity index (χ4n) is 0.863. The van der Waals surface area contributed by atoms with Gasteiger partial charge in [0.1, 0.15) is 0 Å². The quantitative estimate of drug-likeness (QED) is 0.278. The van der Waals surface area contributed by atoms with E-state index in [1.807, 2.05) is 0 Å². The van der Waals surface area contributed by atoms with Crippen LogP contribution in [0.15, 0.2) is 0 Å². The van der Waals surface area contributed by atoms with Crippen molar-refractivity contribution in [1.82, 2.24) is 0 Å². The minimum atomic E-state index is -2.74. The van der Waals surface area contributed by atoms with Crippen LogP contribution in [0.4, 0.5) is 0 Å². The van der Waals surface area contributed by atoms with Gasteiger partial charge in [-0.2, -0.15) is 0 Å². The molecule has 11 nitrogen and oxygen atoms in total. The van der Waals surface area contributed by atoms with Crippen LogP contribution in [0.25, 0.3) is 0 Å². The molecule has 0 aliphatic carbocycles. The monoisotopic (exact) mass is 296 g/mol. The first-order valence-electron chi connectivity index (χ1n) is 4.83. The van der Waals surface area contributed by atoms with Gasteiger partial charge in [0.2, 0.25) is 0 Å². The minimum absolute atomic E-state index is 0.713. The lowest BCUT2D eigenvalue weighted by Gasteiger charge is -2.18. The lowest BCUT2D eigenvalue weighted by atomic mass is 9.96. The molecule has 0 heterocycles. The van der Waals surface area contributed by atoms with E-state index in [0.717, 1.165) is 6.92 Å². The van der Waals surface area contributed by atoms with Gasteiger partial charge in [0.05, 0.1) is 12.8 Å². The molecule has 0 saturated carbocycles. The van der Waals surface area contributed by atoms with Gasteiger partial charge in [0.25, 0.3) is 5.97 Å². The largest absolute Gasteiger partial charge is 0.709 e. The van der Waals surface area contributed by atoms with E-state index in [-0.39, 0.29) is 0 Å². The second-order valence-electron chi connectivity index (χ2n) is 3.41. The summed E-state index contributed by atoms with van der Waals surface area (Å²) in [5.74, 6) is -5.73. The zero-order valence-corrected chi connectivity index (χ0v) is 10.2. The van der Waals surface area contributed by atoms with Crippen LogP contribution in [-0.2, 0) is 23.8 Å². The van der Waals surface area contributed by atoms with E-state index in [4.69, 9.17) is 30.5 Å². The Morgan fingerprint density at radius 2 is 1.35 bits per heavy atom. The lowest BCUT2D eigenvalue weighted by Crippen LogP contribution is -2.42. The first kappa shape index (κ1) is 20.1. The number of carboxylic acid groups (broad SMARTS) is 3. The molecule has 0 radical (unpaired) electrons. The van der Waals surface area contributed by atoms with Crippen molar-refractivity contribution >= 4 is 31.2 Å². The first-order chi connectivity index (χ1) is 8.90. The number of rotatable bonds is 6. The third-order valence-electron chi connectivity index (χ3n) is 1.56. The number of aliphatic hydroxyl groups is 1. The van der Waals surface area contributed by atoms with Crippen molar-refractivity contribution in [2.24, 2.45) is 0 Å². The second kappa shape index (κ2) is 8.85. The van der Waals surface area contributed by atoms with Crippen molar-refractivity contribution in [3.05, 3.63) is 0 Å². The van der Waals surface area contributed by atoms with Crippen LogP contribution < -0.4 is 0 Å². The minimum Gasteiger partial charge on any atom is -0.485 e. The smallest absolute Gasteiger partial charge is 0.485 e. The summed E-state index contributed by atoms with van der Waals surface area (Å²) in [6.07, 6.45) is -2.29. The number of hydrogen-bond acceptors (Lipinski definition) is 8. The van der Waals surface area contributed by atoms with E-state index in [1.165, 1.54) is 0 Å². The molecule has 114 valence electrons. The van der Waals surface area contributed by atoms with Crippen molar-refractivity contribution in [1.29, 1.82) is 0 Å². The van der Waals surface area contributed by atoms with E-state index in [0.29, 0.717) is 0 Å². The van der Waals surface area contributed by atoms with Crippen molar-refractivity contribution in [2.45, 2.75) is 25.4 Å². The van der Waals surface area contributed by atoms with Crippen molar-refractivity contribution in [3.8, 4) is 0 Å². The highest BCUT2D eigenvalue weighted by Gasteiger charge is 2.40. The standard InChI is InChI=1S/C6H8O7.C2H5BO4/c7-3(8)1-6(13,5(11)12)2-4(9)10;1-2(4)7-3(5)6/h13H,1-2H2,(H,7,8)(H,9,10)(H,11,12);5-6H,1H3. The van der Waals surface area contributed by atoms with Crippen molar-refractivity contribution in [2.75, 3.05) is 0 Å². The molecule has 20 heavy (non-hydrogen) atoms. The van der Waals surface area contributed by atoms with Crippen molar-refractivity contribution < 1.29 is 54.3 Å². The van der Waals surface area contributed by atoms with Gasteiger partial charge in [-0.1, -0.05) is 0 Å². The van der Waals surface area contributed by atoms with Gasteiger partial charge in [0, 0.05) is 6.92 Å². The Bertz CT molecular complexity index is 361. The first-order valence-corrected chi connectivity index (χ1v) is 4.83. The molecular formula is C8H13BO11. The molecule has 0 aliphatic heterocycles. The molecule has 0 saturated heterocycles. The number of carboxylic acids is 3. The van der Waals surface area contributed by atoms with Crippen LogP contribution >= 0.6 is 0 Å². The fourth-order valence-corrected chi connectivity index (χ4v) is 0.863. The molecule has 0 aromatic carbocycles. The van der Waals surface area contributed by atoms with Gasteiger partial charge in [-0.15, -0.1) is 0 Å². The number of aliphatic carboxylic acids is 3. The average Bonchev–Trinajstić information content (AvgIpc) is 2.12. The SMILES string of the molecule is CC(=O)OB(O)O.O=C(O)CC(O)(CC(=O)O)C(=O)O. The summed E-state index contributed by atoms with van der Waals surface area (Å²) in [4.78, 5) is 40.2. The molecule has 0 spiro atoms. The van der Waals surface area contributed by atoms with Crippen LogP contribution in [0, 0.1) is 0 Å². The Hall–Kier alpha value is -2.18. The molecule has 0 unspecified atom stereocenters. The van der Waals surface area contributed by atoms with Gasteiger partial charge in [-0.05, 0) is 0 Å². The number of hydrogen-bond donors (Lipinski definition) is 6. The van der Waals surface area contributed by atoms with E-state index >= 15 is 0 Å². The van der Waals surface area contributed by atoms with Gasteiger partial charge in [-0.25, -0.2) is 4.79 Å². The van der Waals surface area contributed by atoms with Gasteiger partial charge >= 0.3 is 25.2 Å². The maximum absolute atomic E-state index is 10.3. The van der Waals surface area contributed by atoms with Gasteiger partial charge < -0.3 is 35.1 Å².